The first-order valence-corrected chi connectivity index (χ1v) is 11.7. The number of halogens is 4. The van der Waals surface area contributed by atoms with Gasteiger partial charge >= 0.3 is 6.18 Å². The Hall–Kier alpha value is -3.70. The fraction of sp³-hybridized carbons (Fsp3) is 0.417. The lowest BCUT2D eigenvalue weighted by atomic mass is 9.93. The Kier molecular flexibility index (Phi) is 6.27. The minimum atomic E-state index is -4.82. The second-order valence-corrected chi connectivity index (χ2v) is 8.68. The maximum atomic E-state index is 14.4. The van der Waals surface area contributed by atoms with Crippen LogP contribution in [0.15, 0.2) is 35.1 Å². The average Bonchev–Trinajstić information content (AvgIpc) is 3.44. The number of fused-ring (bicyclic) bond motifs is 1. The summed E-state index contributed by atoms with van der Waals surface area (Å²) in [5.41, 5.74) is 0.124. The number of oxazole rings is 1. The van der Waals surface area contributed by atoms with Crippen LogP contribution in [0.25, 0.3) is 22.4 Å². The van der Waals surface area contributed by atoms with E-state index in [1.807, 2.05) is 17.7 Å². The molecule has 1 N–H and O–H groups in total. The molecule has 1 aliphatic carbocycles. The molecule has 0 amide bonds. The second-order valence-electron chi connectivity index (χ2n) is 8.68. The van der Waals surface area contributed by atoms with Crippen molar-refractivity contribution in [3.05, 3.63) is 48.0 Å². The summed E-state index contributed by atoms with van der Waals surface area (Å²) in [6, 6.07) is 2.54. The quantitative estimate of drug-likeness (QED) is 0.325. The molecule has 36 heavy (non-hydrogen) atoms. The number of hydrogen-bond donors (Lipinski definition) is 1. The normalized spacial score (nSPS) is 18.5. The lowest BCUT2D eigenvalue weighted by Crippen LogP contribution is -2.27. The number of aromatic nitrogens is 5. The zero-order valence-corrected chi connectivity index (χ0v) is 19.6. The van der Waals surface area contributed by atoms with Crippen molar-refractivity contribution in [3.63, 3.8) is 0 Å². The highest BCUT2D eigenvalue weighted by Gasteiger charge is 2.36. The van der Waals surface area contributed by atoms with Gasteiger partial charge in [0.25, 0.3) is 5.88 Å². The molecule has 1 saturated carbocycles. The zero-order chi connectivity index (χ0) is 25.4. The Morgan fingerprint density at radius 3 is 2.58 bits per heavy atom. The molecule has 5 rings (SSSR count). The topological polar surface area (TPSA) is 90.9 Å². The molecule has 1 fully saturated rings. The van der Waals surface area contributed by atoms with E-state index in [0.717, 1.165) is 22.9 Å². The standard InChI is InChI=1S/C24H24F4N6O2/c1-3-29-20-10-18-16(11-32-20)22(19-12-31-13(2)35-19)33-34(18)14-4-6-15(7-5-14)36-23-21(25)17(8-9-30-23)24(26,27)28/h8-12,14-15H,3-7H2,1-2H3,(H,29,32)/t14-,15+. The van der Waals surface area contributed by atoms with E-state index in [2.05, 4.69) is 20.3 Å². The van der Waals surface area contributed by atoms with Crippen molar-refractivity contribution in [1.82, 2.24) is 24.7 Å². The van der Waals surface area contributed by atoms with Gasteiger partial charge in [-0.25, -0.2) is 19.3 Å². The molecule has 0 spiro atoms. The lowest BCUT2D eigenvalue weighted by Gasteiger charge is -2.29. The van der Waals surface area contributed by atoms with Gasteiger partial charge in [0, 0.05) is 37.3 Å². The largest absolute Gasteiger partial charge is 0.472 e. The molecule has 0 saturated heterocycles. The van der Waals surface area contributed by atoms with Crippen molar-refractivity contribution in [2.75, 3.05) is 11.9 Å². The zero-order valence-electron chi connectivity index (χ0n) is 19.6. The van der Waals surface area contributed by atoms with Gasteiger partial charge in [-0.15, -0.1) is 0 Å². The highest BCUT2D eigenvalue weighted by Crippen LogP contribution is 2.38. The van der Waals surface area contributed by atoms with E-state index in [0.29, 0.717) is 55.6 Å². The van der Waals surface area contributed by atoms with Crippen LogP contribution in [-0.2, 0) is 6.18 Å². The minimum Gasteiger partial charge on any atom is -0.472 e. The third-order valence-corrected chi connectivity index (χ3v) is 6.23. The number of pyridine rings is 2. The van der Waals surface area contributed by atoms with E-state index in [1.165, 1.54) is 0 Å². The number of nitrogens with zero attached hydrogens (tertiary/aromatic N) is 5. The summed E-state index contributed by atoms with van der Waals surface area (Å²) < 4.78 is 66.6. The first kappa shape index (κ1) is 24.0. The minimum absolute atomic E-state index is 0.00121. The highest BCUT2D eigenvalue weighted by atomic mass is 19.4. The molecule has 0 radical (unpaired) electrons. The summed E-state index contributed by atoms with van der Waals surface area (Å²) in [6.07, 6.45) is 1.29. The smallest absolute Gasteiger partial charge is 0.419 e. The predicted molar refractivity (Wildman–Crippen MR) is 123 cm³/mol. The first-order chi connectivity index (χ1) is 17.2. The Labute approximate surface area is 203 Å². The van der Waals surface area contributed by atoms with Crippen molar-refractivity contribution in [2.45, 2.75) is 57.9 Å². The Balaban J connectivity index is 1.38. The van der Waals surface area contributed by atoms with Crippen LogP contribution in [0.2, 0.25) is 0 Å². The van der Waals surface area contributed by atoms with Gasteiger partial charge in [0.2, 0.25) is 0 Å². The number of anilines is 1. The van der Waals surface area contributed by atoms with E-state index < -0.39 is 29.5 Å². The van der Waals surface area contributed by atoms with Crippen LogP contribution in [0.1, 0.15) is 50.1 Å². The van der Waals surface area contributed by atoms with Gasteiger partial charge in [-0.05, 0) is 38.7 Å². The van der Waals surface area contributed by atoms with E-state index in [4.69, 9.17) is 14.3 Å². The second kappa shape index (κ2) is 9.40. The Morgan fingerprint density at radius 1 is 1.14 bits per heavy atom. The summed E-state index contributed by atoms with van der Waals surface area (Å²) in [5, 5.41) is 8.86. The van der Waals surface area contributed by atoms with Crippen molar-refractivity contribution in [1.29, 1.82) is 0 Å². The summed E-state index contributed by atoms with van der Waals surface area (Å²) in [5.74, 6) is -0.326. The third-order valence-electron chi connectivity index (χ3n) is 6.23. The van der Waals surface area contributed by atoms with E-state index in [9.17, 15) is 17.6 Å². The van der Waals surface area contributed by atoms with Crippen molar-refractivity contribution < 1.29 is 26.7 Å². The fourth-order valence-corrected chi connectivity index (χ4v) is 4.53. The van der Waals surface area contributed by atoms with Crippen LogP contribution < -0.4 is 10.1 Å². The van der Waals surface area contributed by atoms with E-state index >= 15 is 0 Å². The number of hydrogen-bond acceptors (Lipinski definition) is 7. The maximum absolute atomic E-state index is 14.4. The van der Waals surface area contributed by atoms with Gasteiger partial charge in [0.1, 0.15) is 17.6 Å². The van der Waals surface area contributed by atoms with Gasteiger partial charge in [-0.2, -0.15) is 18.3 Å². The monoisotopic (exact) mass is 504 g/mol. The van der Waals surface area contributed by atoms with Crippen LogP contribution in [-0.4, -0.2) is 37.4 Å². The predicted octanol–water partition coefficient (Wildman–Crippen LogP) is 5.94. The molecule has 0 aliphatic heterocycles. The third kappa shape index (κ3) is 4.59. The molecule has 190 valence electrons. The Morgan fingerprint density at radius 2 is 1.92 bits per heavy atom. The molecular formula is C24H24F4N6O2. The maximum Gasteiger partial charge on any atom is 0.419 e. The van der Waals surface area contributed by atoms with Crippen LogP contribution in [0.5, 0.6) is 5.88 Å². The van der Waals surface area contributed by atoms with Crippen LogP contribution in [0, 0.1) is 12.7 Å². The van der Waals surface area contributed by atoms with Crippen molar-refractivity contribution >= 4 is 16.7 Å². The molecule has 1 aliphatic rings. The molecule has 12 heteroatoms. The van der Waals surface area contributed by atoms with Gasteiger partial charge in [0.15, 0.2) is 17.5 Å². The lowest BCUT2D eigenvalue weighted by molar-refractivity contribution is -0.140. The van der Waals surface area contributed by atoms with Crippen molar-refractivity contribution in [3.8, 4) is 17.3 Å². The van der Waals surface area contributed by atoms with Gasteiger partial charge < -0.3 is 14.5 Å². The van der Waals surface area contributed by atoms with E-state index in [-0.39, 0.29) is 6.04 Å². The van der Waals surface area contributed by atoms with Crippen molar-refractivity contribution in [2.24, 2.45) is 0 Å². The molecule has 0 bridgehead atoms. The number of nitrogens with one attached hydrogen (secondary N) is 1. The van der Waals surface area contributed by atoms with Gasteiger partial charge in [-0.1, -0.05) is 0 Å². The molecule has 0 aromatic carbocycles. The molecule has 4 heterocycles. The number of alkyl halides is 3. The average molecular weight is 504 g/mol. The molecule has 0 atom stereocenters. The van der Waals surface area contributed by atoms with E-state index in [1.54, 1.807) is 19.3 Å². The molecule has 0 unspecified atom stereocenters. The van der Waals surface area contributed by atoms with Gasteiger partial charge in [-0.3, -0.25) is 4.68 Å². The fourth-order valence-electron chi connectivity index (χ4n) is 4.53. The van der Waals surface area contributed by atoms with Gasteiger partial charge in [0.05, 0.1) is 23.3 Å². The Bertz CT molecular complexity index is 1370. The highest BCUT2D eigenvalue weighted by molar-refractivity contribution is 5.92. The summed E-state index contributed by atoms with van der Waals surface area (Å²) in [4.78, 5) is 12.3. The molecular weight excluding hydrogens is 480 g/mol. The summed E-state index contributed by atoms with van der Waals surface area (Å²) >= 11 is 0. The summed E-state index contributed by atoms with van der Waals surface area (Å²) in [7, 11) is 0. The van der Waals surface area contributed by atoms with Crippen LogP contribution >= 0.6 is 0 Å². The van der Waals surface area contributed by atoms with Crippen LogP contribution in [0.3, 0.4) is 0 Å². The first-order valence-electron chi connectivity index (χ1n) is 11.7. The molecule has 8 nitrogen and oxygen atoms in total. The number of ether oxygens (including phenoxy) is 1. The number of aryl methyl sites for hydroxylation is 1. The SMILES string of the molecule is CCNc1cc2c(cn1)c(-c1cnc(C)o1)nn2[C@H]1CC[C@@H](Oc2nccc(C(F)(F)F)c2F)CC1. The van der Waals surface area contributed by atoms with Crippen LogP contribution in [0.4, 0.5) is 23.4 Å². The summed E-state index contributed by atoms with van der Waals surface area (Å²) in [6.45, 7) is 4.45. The molecule has 4 aromatic rings. The number of rotatable bonds is 6. The molecule has 4 aromatic heterocycles.